The van der Waals surface area contributed by atoms with E-state index in [4.69, 9.17) is 4.74 Å². The van der Waals surface area contributed by atoms with Gasteiger partial charge in [0.15, 0.2) is 0 Å². The number of hydrogen-bond donors (Lipinski definition) is 1. The van der Waals surface area contributed by atoms with Crippen LogP contribution in [0.5, 0.6) is 5.75 Å². The number of pyridine rings is 1. The molecule has 4 heteroatoms. The van der Waals surface area contributed by atoms with Gasteiger partial charge in [0.05, 0.1) is 25.7 Å². The summed E-state index contributed by atoms with van der Waals surface area (Å²) in [6, 6.07) is 15.3. The van der Waals surface area contributed by atoms with E-state index in [1.165, 1.54) is 23.1 Å². The molecule has 0 saturated carbocycles. The number of hydrogen-bond acceptors (Lipinski definition) is 3. The molecule has 3 fully saturated rings. The van der Waals surface area contributed by atoms with Crippen LogP contribution in [0.25, 0.3) is 10.9 Å². The molecule has 3 aliphatic heterocycles. The number of rotatable bonds is 6. The number of aliphatic hydroxyl groups excluding tert-OH is 1. The Kier molecular flexibility index (Phi) is 7.18. The van der Waals surface area contributed by atoms with Gasteiger partial charge in [-0.3, -0.25) is 4.98 Å². The third-order valence-corrected chi connectivity index (χ3v) is 9.56. The quantitative estimate of drug-likeness (QED) is 0.267. The zero-order chi connectivity index (χ0) is 28.2. The molecular weight excluding hydrogens is 480 g/mol. The lowest BCUT2D eigenvalue weighted by atomic mass is 9.71. The summed E-state index contributed by atoms with van der Waals surface area (Å²) in [5.74, 6) is 1.86. The minimum absolute atomic E-state index is 0.0719. The largest absolute Gasteiger partial charge is 0.497 e. The fourth-order valence-electron chi connectivity index (χ4n) is 7.13. The van der Waals surface area contributed by atoms with E-state index in [0.29, 0.717) is 11.8 Å². The van der Waals surface area contributed by atoms with Crippen molar-refractivity contribution in [3.8, 4) is 5.75 Å². The highest BCUT2D eigenvalue weighted by molar-refractivity contribution is 5.83. The van der Waals surface area contributed by atoms with Crippen LogP contribution in [0.1, 0.15) is 82.7 Å². The van der Waals surface area contributed by atoms with Gasteiger partial charge in [0.25, 0.3) is 0 Å². The first-order valence-corrected chi connectivity index (χ1v) is 14.6. The minimum Gasteiger partial charge on any atom is -0.497 e. The van der Waals surface area contributed by atoms with E-state index in [-0.39, 0.29) is 16.9 Å². The van der Waals surface area contributed by atoms with Gasteiger partial charge < -0.3 is 14.3 Å². The van der Waals surface area contributed by atoms with Crippen molar-refractivity contribution in [1.82, 2.24) is 4.98 Å². The average Bonchev–Trinajstić information content (AvgIpc) is 2.90. The molecule has 3 unspecified atom stereocenters. The van der Waals surface area contributed by atoms with E-state index in [2.05, 4.69) is 77.4 Å². The molecule has 0 aliphatic carbocycles. The number of nitrogens with zero attached hydrogens (tertiary/aromatic N) is 2. The van der Waals surface area contributed by atoms with Crippen LogP contribution in [0.15, 0.2) is 61.3 Å². The third kappa shape index (κ3) is 5.26. The lowest BCUT2D eigenvalue weighted by Gasteiger charge is -2.58. The van der Waals surface area contributed by atoms with Gasteiger partial charge in [0, 0.05) is 35.9 Å². The van der Waals surface area contributed by atoms with Crippen molar-refractivity contribution in [1.29, 1.82) is 0 Å². The van der Waals surface area contributed by atoms with Gasteiger partial charge in [0.1, 0.15) is 24.4 Å². The SMILES string of the molecule is C=CC1C[N+]2(Cc3cc(C(C)(C)C)cc(C(C)(C)C)c3)CCC1C[C@@H]2[C@@H](O)c1ccnc2ccc(OC)cc12. The molecule has 1 aromatic heterocycles. The van der Waals surface area contributed by atoms with Crippen molar-refractivity contribution >= 4 is 10.9 Å². The molecule has 4 heterocycles. The fourth-order valence-corrected chi connectivity index (χ4v) is 7.13. The van der Waals surface area contributed by atoms with Gasteiger partial charge in [-0.1, -0.05) is 53.7 Å². The van der Waals surface area contributed by atoms with Crippen molar-refractivity contribution in [3.63, 3.8) is 0 Å². The lowest BCUT2D eigenvalue weighted by Crippen LogP contribution is -2.67. The molecular formula is C35H47N2O2+. The van der Waals surface area contributed by atoms with Gasteiger partial charge in [0.2, 0.25) is 0 Å². The van der Waals surface area contributed by atoms with E-state index >= 15 is 0 Å². The molecule has 6 rings (SSSR count). The molecule has 1 N–H and O–H groups in total. The highest BCUT2D eigenvalue weighted by Crippen LogP contribution is 2.48. The van der Waals surface area contributed by atoms with Gasteiger partial charge >= 0.3 is 0 Å². The normalized spacial score (nSPS) is 26.0. The molecule has 0 radical (unpaired) electrons. The number of piperidine rings is 3. The van der Waals surface area contributed by atoms with Gasteiger partial charge in [-0.2, -0.15) is 0 Å². The molecule has 0 amide bonds. The molecule has 2 aromatic carbocycles. The number of quaternary nitrogens is 1. The van der Waals surface area contributed by atoms with E-state index in [1.54, 1.807) is 7.11 Å². The number of benzene rings is 2. The van der Waals surface area contributed by atoms with Crippen LogP contribution >= 0.6 is 0 Å². The Balaban J connectivity index is 1.60. The van der Waals surface area contributed by atoms with E-state index in [9.17, 15) is 5.11 Å². The molecule has 3 aliphatic rings. The highest BCUT2D eigenvalue weighted by Gasteiger charge is 2.54. The maximum atomic E-state index is 12.2. The molecule has 3 saturated heterocycles. The maximum Gasteiger partial charge on any atom is 0.131 e. The average molecular weight is 528 g/mol. The van der Waals surface area contributed by atoms with Crippen LogP contribution < -0.4 is 4.74 Å². The second kappa shape index (κ2) is 10.1. The monoisotopic (exact) mass is 527 g/mol. The summed E-state index contributed by atoms with van der Waals surface area (Å²) in [5, 5.41) is 13.2. The Hall–Kier alpha value is -2.69. The standard InChI is InChI=1S/C35H47N2O2/c1-9-24-22-37(21-23-16-26(34(2,3)4)19-27(17-23)35(5,6)7)15-13-25(24)18-32(37)33(38)29-12-14-36-31-11-10-28(39-8)20-30(29)31/h9-12,14,16-17,19-20,24-25,32-33,38H,1,13,15,18,21-22H2,2-8H3/q+1/t24?,25?,32-,33+,37?/m1/s1. The van der Waals surface area contributed by atoms with Crippen LogP contribution in [0.4, 0.5) is 0 Å². The van der Waals surface area contributed by atoms with Crippen molar-refractivity contribution in [2.75, 3.05) is 20.2 Å². The Labute approximate surface area is 235 Å². The Morgan fingerprint density at radius 2 is 1.74 bits per heavy atom. The van der Waals surface area contributed by atoms with Gasteiger partial charge in [-0.25, -0.2) is 0 Å². The van der Waals surface area contributed by atoms with E-state index in [1.807, 2.05) is 30.5 Å². The van der Waals surface area contributed by atoms with Crippen molar-refractivity contribution in [3.05, 3.63) is 83.6 Å². The fraction of sp³-hybridized carbons (Fsp3) is 0.514. The summed E-state index contributed by atoms with van der Waals surface area (Å²) in [6.07, 6.45) is 5.64. The number of ether oxygens (including phenoxy) is 1. The topological polar surface area (TPSA) is 42.4 Å². The Morgan fingerprint density at radius 3 is 2.36 bits per heavy atom. The molecule has 208 valence electrons. The zero-order valence-corrected chi connectivity index (χ0v) is 25.0. The van der Waals surface area contributed by atoms with E-state index in [0.717, 1.165) is 52.8 Å². The van der Waals surface area contributed by atoms with Crippen molar-refractivity contribution < 1.29 is 14.3 Å². The summed E-state index contributed by atoms with van der Waals surface area (Å²) in [6.45, 7) is 21.1. The number of aliphatic hydroxyl groups is 1. The highest BCUT2D eigenvalue weighted by atomic mass is 16.5. The summed E-state index contributed by atoms with van der Waals surface area (Å²) in [7, 11) is 1.69. The van der Waals surface area contributed by atoms with Crippen LogP contribution in [0, 0.1) is 11.8 Å². The third-order valence-electron chi connectivity index (χ3n) is 9.56. The van der Waals surface area contributed by atoms with Gasteiger partial charge in [-0.05, 0) is 69.8 Å². The van der Waals surface area contributed by atoms with Crippen molar-refractivity contribution in [2.24, 2.45) is 11.8 Å². The second-order valence-corrected chi connectivity index (χ2v) is 14.2. The lowest BCUT2D eigenvalue weighted by molar-refractivity contribution is -0.984. The molecule has 2 bridgehead atoms. The van der Waals surface area contributed by atoms with Gasteiger partial charge in [-0.15, -0.1) is 6.58 Å². The zero-order valence-electron chi connectivity index (χ0n) is 25.0. The number of methoxy groups -OCH3 is 1. The summed E-state index contributed by atoms with van der Waals surface area (Å²) in [4.78, 5) is 4.58. The summed E-state index contributed by atoms with van der Waals surface area (Å²) < 4.78 is 6.43. The minimum atomic E-state index is -0.580. The second-order valence-electron chi connectivity index (χ2n) is 14.2. The van der Waals surface area contributed by atoms with E-state index < -0.39 is 6.10 Å². The number of aromatic nitrogens is 1. The first kappa shape index (κ1) is 27.9. The first-order valence-electron chi connectivity index (χ1n) is 14.6. The molecule has 39 heavy (non-hydrogen) atoms. The smallest absolute Gasteiger partial charge is 0.131 e. The molecule has 0 spiro atoms. The van der Waals surface area contributed by atoms with Crippen LogP contribution in [0.3, 0.4) is 0 Å². The van der Waals surface area contributed by atoms with Crippen LogP contribution in [0.2, 0.25) is 0 Å². The molecule has 4 nitrogen and oxygen atoms in total. The van der Waals surface area contributed by atoms with Crippen LogP contribution in [-0.4, -0.2) is 40.8 Å². The molecule has 3 aromatic rings. The first-order chi connectivity index (χ1) is 18.3. The summed E-state index contributed by atoms with van der Waals surface area (Å²) in [5.41, 5.74) is 6.16. The molecule has 5 atom stereocenters. The predicted octanol–water partition coefficient (Wildman–Crippen LogP) is 7.48. The Morgan fingerprint density at radius 1 is 1.05 bits per heavy atom. The number of fused-ring (bicyclic) bond motifs is 4. The predicted molar refractivity (Wildman–Crippen MR) is 161 cm³/mol. The van der Waals surface area contributed by atoms with Crippen molar-refractivity contribution in [2.45, 2.75) is 83.9 Å². The van der Waals surface area contributed by atoms with Crippen LogP contribution in [-0.2, 0) is 17.4 Å². The summed E-state index contributed by atoms with van der Waals surface area (Å²) >= 11 is 0. The maximum absolute atomic E-state index is 12.2. The Bertz CT molecular complexity index is 1330.